The first-order valence-corrected chi connectivity index (χ1v) is 6.43. The van der Waals surface area contributed by atoms with E-state index in [0.717, 1.165) is 24.7 Å². The van der Waals surface area contributed by atoms with E-state index in [2.05, 4.69) is 11.9 Å². The fourth-order valence-corrected chi connectivity index (χ4v) is 3.42. The van der Waals surface area contributed by atoms with Crippen molar-refractivity contribution >= 4 is 10.8 Å². The SMILES string of the molecule is CC.CN1CCOC2CS(=O)CC21. The van der Waals surface area contributed by atoms with Crippen LogP contribution in [-0.4, -0.2) is 53.0 Å². The van der Waals surface area contributed by atoms with E-state index in [9.17, 15) is 4.21 Å². The third-order valence-electron chi connectivity index (χ3n) is 2.48. The fraction of sp³-hybridized carbons (Fsp3) is 1.00. The van der Waals surface area contributed by atoms with E-state index >= 15 is 0 Å². The molecule has 3 atom stereocenters. The van der Waals surface area contributed by atoms with E-state index in [4.69, 9.17) is 4.74 Å². The van der Waals surface area contributed by atoms with Gasteiger partial charge in [-0.2, -0.15) is 0 Å². The van der Waals surface area contributed by atoms with E-state index in [1.165, 1.54) is 0 Å². The summed E-state index contributed by atoms with van der Waals surface area (Å²) < 4.78 is 16.7. The van der Waals surface area contributed by atoms with Gasteiger partial charge in [-0.1, -0.05) is 13.8 Å². The molecule has 78 valence electrons. The van der Waals surface area contributed by atoms with Gasteiger partial charge in [-0.15, -0.1) is 0 Å². The Morgan fingerprint density at radius 2 is 2.08 bits per heavy atom. The van der Waals surface area contributed by atoms with E-state index in [1.54, 1.807) is 0 Å². The zero-order chi connectivity index (χ0) is 9.84. The Bertz CT molecular complexity index is 186. The van der Waals surface area contributed by atoms with Crippen LogP contribution in [0.5, 0.6) is 0 Å². The number of hydrogen-bond donors (Lipinski definition) is 0. The molecule has 0 aromatic rings. The lowest BCUT2D eigenvalue weighted by Gasteiger charge is -2.33. The number of nitrogens with zero attached hydrogens (tertiary/aromatic N) is 1. The molecule has 0 bridgehead atoms. The van der Waals surface area contributed by atoms with Crippen molar-refractivity contribution in [3.05, 3.63) is 0 Å². The van der Waals surface area contributed by atoms with Gasteiger partial charge < -0.3 is 4.74 Å². The minimum atomic E-state index is -0.630. The van der Waals surface area contributed by atoms with Gasteiger partial charge in [0.25, 0.3) is 0 Å². The Labute approximate surface area is 82.9 Å². The number of ether oxygens (including phenoxy) is 1. The van der Waals surface area contributed by atoms with Crippen LogP contribution in [0.3, 0.4) is 0 Å². The number of morpholine rings is 1. The van der Waals surface area contributed by atoms with Crippen molar-refractivity contribution in [3.63, 3.8) is 0 Å². The average molecular weight is 205 g/mol. The second kappa shape index (κ2) is 5.08. The maximum Gasteiger partial charge on any atom is 0.0854 e. The zero-order valence-corrected chi connectivity index (χ0v) is 9.47. The number of hydrogen-bond acceptors (Lipinski definition) is 3. The minimum absolute atomic E-state index is 0.245. The Balaban J connectivity index is 0.000000396. The fourth-order valence-electron chi connectivity index (χ4n) is 1.74. The van der Waals surface area contributed by atoms with Crippen LogP contribution >= 0.6 is 0 Å². The van der Waals surface area contributed by atoms with Gasteiger partial charge in [0, 0.05) is 29.1 Å². The summed E-state index contributed by atoms with van der Waals surface area (Å²) in [6, 6.07) is 0.421. The first kappa shape index (κ1) is 11.1. The summed E-state index contributed by atoms with van der Waals surface area (Å²) in [6.45, 7) is 5.78. The number of likely N-dealkylation sites (N-methyl/N-ethyl adjacent to an activating group) is 1. The molecular formula is C9H19NO2S. The molecule has 0 spiro atoms. The maximum atomic E-state index is 11.2. The molecule has 0 radical (unpaired) electrons. The molecule has 0 N–H and O–H groups in total. The molecule has 4 heteroatoms. The van der Waals surface area contributed by atoms with Crippen LogP contribution in [0, 0.1) is 0 Å². The molecule has 2 aliphatic rings. The molecule has 0 saturated carbocycles. The van der Waals surface area contributed by atoms with E-state index < -0.39 is 10.8 Å². The zero-order valence-electron chi connectivity index (χ0n) is 8.66. The van der Waals surface area contributed by atoms with Gasteiger partial charge in [-0.05, 0) is 7.05 Å². The van der Waals surface area contributed by atoms with Crippen LogP contribution in [0.1, 0.15) is 13.8 Å². The Kier molecular flexibility index (Phi) is 4.35. The van der Waals surface area contributed by atoms with Gasteiger partial charge in [0.15, 0.2) is 0 Å². The monoisotopic (exact) mass is 205 g/mol. The lowest BCUT2D eigenvalue weighted by atomic mass is 10.1. The largest absolute Gasteiger partial charge is 0.374 e. The summed E-state index contributed by atoms with van der Waals surface area (Å²) in [7, 11) is 1.46. The molecule has 13 heavy (non-hydrogen) atoms. The van der Waals surface area contributed by atoms with Crippen molar-refractivity contribution < 1.29 is 8.95 Å². The third kappa shape index (κ3) is 2.51. The topological polar surface area (TPSA) is 29.5 Å². The molecule has 0 amide bonds. The molecule has 2 heterocycles. The van der Waals surface area contributed by atoms with Gasteiger partial charge in [-0.3, -0.25) is 9.11 Å². The summed E-state index contributed by atoms with van der Waals surface area (Å²) in [5, 5.41) is 0. The average Bonchev–Trinajstić information content (AvgIpc) is 2.51. The quantitative estimate of drug-likeness (QED) is 0.576. The predicted octanol–water partition coefficient (Wildman–Crippen LogP) is 0.474. The second-order valence-corrected chi connectivity index (χ2v) is 4.78. The smallest absolute Gasteiger partial charge is 0.0854 e. The molecule has 0 aromatic carbocycles. The van der Waals surface area contributed by atoms with E-state index in [-0.39, 0.29) is 6.10 Å². The Hall–Kier alpha value is 0.0700. The summed E-state index contributed by atoms with van der Waals surface area (Å²) in [5.74, 6) is 1.55. The van der Waals surface area contributed by atoms with Crippen molar-refractivity contribution in [1.29, 1.82) is 0 Å². The number of fused-ring (bicyclic) bond motifs is 1. The van der Waals surface area contributed by atoms with Crippen LogP contribution in [-0.2, 0) is 15.5 Å². The van der Waals surface area contributed by atoms with Crippen molar-refractivity contribution in [2.45, 2.75) is 26.0 Å². The summed E-state index contributed by atoms with van der Waals surface area (Å²) >= 11 is 0. The molecule has 3 nitrogen and oxygen atoms in total. The van der Waals surface area contributed by atoms with Gasteiger partial charge in [0.2, 0.25) is 0 Å². The van der Waals surface area contributed by atoms with Crippen molar-refractivity contribution in [3.8, 4) is 0 Å². The van der Waals surface area contributed by atoms with Crippen LogP contribution in [0.15, 0.2) is 0 Å². The Morgan fingerprint density at radius 1 is 1.38 bits per heavy atom. The van der Waals surface area contributed by atoms with Gasteiger partial charge in [0.05, 0.1) is 18.5 Å². The molecule has 2 fully saturated rings. The second-order valence-electron chi connectivity index (χ2n) is 3.23. The summed E-state index contributed by atoms with van der Waals surface area (Å²) in [5.41, 5.74) is 0. The molecule has 2 saturated heterocycles. The normalized spacial score (nSPS) is 39.2. The van der Waals surface area contributed by atoms with Crippen molar-refractivity contribution in [1.82, 2.24) is 4.90 Å². The maximum absolute atomic E-state index is 11.2. The minimum Gasteiger partial charge on any atom is -0.374 e. The molecule has 0 aromatic heterocycles. The third-order valence-corrected chi connectivity index (χ3v) is 3.89. The molecule has 0 aliphatic carbocycles. The highest BCUT2D eigenvalue weighted by Crippen LogP contribution is 2.20. The molecular weight excluding hydrogens is 186 g/mol. The number of rotatable bonds is 0. The highest BCUT2D eigenvalue weighted by atomic mass is 32.2. The molecule has 2 aliphatic heterocycles. The van der Waals surface area contributed by atoms with Crippen molar-refractivity contribution in [2.24, 2.45) is 0 Å². The highest BCUT2D eigenvalue weighted by molar-refractivity contribution is 7.85. The molecule has 2 rings (SSSR count). The van der Waals surface area contributed by atoms with Crippen LogP contribution in [0.25, 0.3) is 0 Å². The van der Waals surface area contributed by atoms with Crippen LogP contribution in [0.2, 0.25) is 0 Å². The van der Waals surface area contributed by atoms with Gasteiger partial charge in [0.1, 0.15) is 0 Å². The predicted molar refractivity (Wildman–Crippen MR) is 55.4 cm³/mol. The van der Waals surface area contributed by atoms with Crippen LogP contribution < -0.4 is 0 Å². The Morgan fingerprint density at radius 3 is 2.69 bits per heavy atom. The van der Waals surface area contributed by atoms with E-state index in [1.807, 2.05) is 13.8 Å². The van der Waals surface area contributed by atoms with Crippen LogP contribution in [0.4, 0.5) is 0 Å². The van der Waals surface area contributed by atoms with Gasteiger partial charge >= 0.3 is 0 Å². The highest BCUT2D eigenvalue weighted by Gasteiger charge is 2.37. The first-order chi connectivity index (χ1) is 6.27. The van der Waals surface area contributed by atoms with Gasteiger partial charge in [-0.25, -0.2) is 0 Å². The molecule has 3 unspecified atom stereocenters. The lowest BCUT2D eigenvalue weighted by molar-refractivity contribution is -0.0359. The first-order valence-electron chi connectivity index (χ1n) is 4.94. The van der Waals surface area contributed by atoms with Crippen molar-refractivity contribution in [2.75, 3.05) is 31.7 Å². The van der Waals surface area contributed by atoms with E-state index in [0.29, 0.717) is 6.04 Å². The summed E-state index contributed by atoms with van der Waals surface area (Å²) in [4.78, 5) is 2.26. The standard InChI is InChI=1S/C7H13NO2S.C2H6/c1-8-2-3-10-7-5-11(9)4-6(7)8;1-2/h6-7H,2-5H2,1H3;1-2H3. The lowest BCUT2D eigenvalue weighted by Crippen LogP contribution is -2.48. The summed E-state index contributed by atoms with van der Waals surface area (Å²) in [6.07, 6.45) is 0.245.